The maximum Gasteiger partial charge on any atom is 0.410 e. The van der Waals surface area contributed by atoms with E-state index < -0.39 is 29.9 Å². The minimum atomic E-state index is -4.56. The Morgan fingerprint density at radius 1 is 1.28 bits per heavy atom. The van der Waals surface area contributed by atoms with Gasteiger partial charge in [-0.1, -0.05) is 6.07 Å². The molecule has 3 heterocycles. The number of aromatic carboxylic acids is 1. The SMILES string of the molecule is O=C(O)c1cc2n(n1)[C@H](C(F)(F)F)C[C@@H](c1ccc3c(c1)OCO3)N2. The summed E-state index contributed by atoms with van der Waals surface area (Å²) in [5.41, 5.74) is 0.144. The first-order valence-corrected chi connectivity index (χ1v) is 7.38. The van der Waals surface area contributed by atoms with Gasteiger partial charge in [0.1, 0.15) is 5.82 Å². The summed E-state index contributed by atoms with van der Waals surface area (Å²) in [7, 11) is 0. The second-order valence-corrected chi connectivity index (χ2v) is 5.77. The van der Waals surface area contributed by atoms with Crippen LogP contribution >= 0.6 is 0 Å². The number of benzene rings is 1. The van der Waals surface area contributed by atoms with E-state index in [0.717, 1.165) is 6.07 Å². The van der Waals surface area contributed by atoms with Gasteiger partial charge < -0.3 is 19.9 Å². The highest BCUT2D eigenvalue weighted by Crippen LogP contribution is 2.45. The second-order valence-electron chi connectivity index (χ2n) is 5.77. The Hall–Kier alpha value is -2.91. The maximum absolute atomic E-state index is 13.5. The lowest BCUT2D eigenvalue weighted by atomic mass is 9.96. The summed E-state index contributed by atoms with van der Waals surface area (Å²) >= 11 is 0. The smallest absolute Gasteiger partial charge is 0.410 e. The minimum absolute atomic E-state index is 0.00800. The fourth-order valence-electron chi connectivity index (χ4n) is 3.03. The van der Waals surface area contributed by atoms with E-state index in [1.54, 1.807) is 18.2 Å². The second kappa shape index (κ2) is 5.30. The van der Waals surface area contributed by atoms with Crippen molar-refractivity contribution in [3.63, 3.8) is 0 Å². The molecule has 2 aliphatic heterocycles. The van der Waals surface area contributed by atoms with E-state index in [2.05, 4.69) is 10.4 Å². The van der Waals surface area contributed by atoms with E-state index >= 15 is 0 Å². The van der Waals surface area contributed by atoms with Gasteiger partial charge in [0, 0.05) is 12.5 Å². The number of hydrogen-bond donors (Lipinski definition) is 2. The molecule has 0 spiro atoms. The Bertz CT molecular complexity index is 849. The van der Waals surface area contributed by atoms with Crippen LogP contribution in [0.4, 0.5) is 19.0 Å². The van der Waals surface area contributed by atoms with E-state index in [9.17, 15) is 18.0 Å². The van der Waals surface area contributed by atoms with Crippen molar-refractivity contribution >= 4 is 11.8 Å². The molecule has 1 aromatic heterocycles. The Labute approximate surface area is 139 Å². The van der Waals surface area contributed by atoms with E-state index in [1.165, 1.54) is 0 Å². The molecule has 10 heteroatoms. The van der Waals surface area contributed by atoms with E-state index in [1.807, 2.05) is 0 Å². The first-order chi connectivity index (χ1) is 11.8. The largest absolute Gasteiger partial charge is 0.476 e. The number of aromatic nitrogens is 2. The minimum Gasteiger partial charge on any atom is -0.476 e. The molecule has 2 atom stereocenters. The summed E-state index contributed by atoms with van der Waals surface area (Å²) in [4.78, 5) is 11.0. The fourth-order valence-corrected chi connectivity index (χ4v) is 3.03. The molecule has 1 aromatic carbocycles. The molecule has 2 N–H and O–H groups in total. The van der Waals surface area contributed by atoms with Crippen molar-refractivity contribution in [2.24, 2.45) is 0 Å². The number of nitrogens with one attached hydrogen (secondary N) is 1. The maximum atomic E-state index is 13.5. The van der Waals surface area contributed by atoms with Crippen molar-refractivity contribution in [1.82, 2.24) is 9.78 Å². The van der Waals surface area contributed by atoms with Crippen LogP contribution in [0, 0.1) is 0 Å². The number of ether oxygens (including phenoxy) is 2. The molecule has 0 saturated carbocycles. The predicted octanol–water partition coefficient (Wildman–Crippen LogP) is 2.97. The van der Waals surface area contributed by atoms with Gasteiger partial charge in [-0.05, 0) is 17.7 Å². The summed E-state index contributed by atoms with van der Waals surface area (Å²) in [6, 6.07) is 3.41. The lowest BCUT2D eigenvalue weighted by Crippen LogP contribution is -2.35. The van der Waals surface area contributed by atoms with E-state index in [-0.39, 0.29) is 19.0 Å². The van der Waals surface area contributed by atoms with Crippen molar-refractivity contribution in [2.75, 3.05) is 12.1 Å². The van der Waals surface area contributed by atoms with E-state index in [0.29, 0.717) is 21.7 Å². The third-order valence-electron chi connectivity index (χ3n) is 4.21. The highest BCUT2D eigenvalue weighted by atomic mass is 19.4. The molecule has 0 fully saturated rings. The fraction of sp³-hybridized carbons (Fsp3) is 0.333. The van der Waals surface area contributed by atoms with Crippen LogP contribution in [0.1, 0.15) is 34.6 Å². The Morgan fingerprint density at radius 2 is 2.04 bits per heavy atom. The monoisotopic (exact) mass is 355 g/mol. The highest BCUT2D eigenvalue weighted by molar-refractivity contribution is 5.86. The van der Waals surface area contributed by atoms with Gasteiger partial charge in [-0.3, -0.25) is 0 Å². The number of hydrogen-bond acceptors (Lipinski definition) is 5. The molecule has 132 valence electrons. The first kappa shape index (κ1) is 15.6. The lowest BCUT2D eigenvalue weighted by molar-refractivity contribution is -0.173. The molecule has 4 rings (SSSR count). The van der Waals surface area contributed by atoms with Gasteiger partial charge in [0.25, 0.3) is 0 Å². The van der Waals surface area contributed by atoms with Gasteiger partial charge in [0.05, 0.1) is 6.04 Å². The molecule has 0 radical (unpaired) electrons. The number of nitrogens with zero attached hydrogens (tertiary/aromatic N) is 2. The van der Waals surface area contributed by atoms with Crippen LogP contribution in [0.2, 0.25) is 0 Å². The quantitative estimate of drug-likeness (QED) is 0.861. The zero-order valence-corrected chi connectivity index (χ0v) is 12.6. The molecule has 0 aliphatic carbocycles. The predicted molar refractivity (Wildman–Crippen MR) is 77.8 cm³/mol. The molecule has 25 heavy (non-hydrogen) atoms. The van der Waals surface area contributed by atoms with Gasteiger partial charge in [-0.25, -0.2) is 9.48 Å². The van der Waals surface area contributed by atoms with Gasteiger partial charge in [-0.15, -0.1) is 0 Å². The zero-order chi connectivity index (χ0) is 17.8. The van der Waals surface area contributed by atoms with Gasteiger partial charge in [-0.2, -0.15) is 18.3 Å². The van der Waals surface area contributed by atoms with Gasteiger partial charge in [0.2, 0.25) is 6.79 Å². The number of rotatable bonds is 2. The number of halogens is 3. The van der Waals surface area contributed by atoms with Gasteiger partial charge in [0.15, 0.2) is 23.2 Å². The Balaban J connectivity index is 1.73. The summed E-state index contributed by atoms with van der Waals surface area (Å²) < 4.78 is 51.5. The Kier molecular flexibility index (Phi) is 3.31. The number of carbonyl (C=O) groups is 1. The summed E-state index contributed by atoms with van der Waals surface area (Å²) in [5.74, 6) is -0.379. The molecular weight excluding hydrogens is 343 g/mol. The molecular formula is C15H12F3N3O4. The standard InChI is InChI=1S/C15H12F3N3O4/c16-15(17,18)12-4-8(7-1-2-10-11(3-7)25-6-24-10)19-13-5-9(14(22)23)20-21(12)13/h1-3,5,8,12,19H,4,6H2,(H,22,23)/t8-,12-/m0/s1. The molecule has 2 aliphatic rings. The number of carboxylic acids is 1. The van der Waals surface area contributed by atoms with Gasteiger partial charge >= 0.3 is 12.1 Å². The third kappa shape index (κ3) is 2.63. The molecule has 0 saturated heterocycles. The van der Waals surface area contributed by atoms with Crippen LogP contribution in [0.15, 0.2) is 24.3 Å². The average Bonchev–Trinajstić information content (AvgIpc) is 3.18. The van der Waals surface area contributed by atoms with E-state index in [4.69, 9.17) is 14.6 Å². The summed E-state index contributed by atoms with van der Waals surface area (Å²) in [6.07, 6.45) is -4.88. The van der Waals surface area contributed by atoms with Crippen molar-refractivity contribution in [3.8, 4) is 11.5 Å². The molecule has 0 amide bonds. The van der Waals surface area contributed by atoms with Crippen LogP contribution in [0.25, 0.3) is 0 Å². The van der Waals surface area contributed by atoms with Crippen LogP contribution < -0.4 is 14.8 Å². The zero-order valence-electron chi connectivity index (χ0n) is 12.6. The van der Waals surface area contributed by atoms with Crippen molar-refractivity contribution < 1.29 is 32.5 Å². The molecule has 2 aromatic rings. The average molecular weight is 355 g/mol. The normalized spacial score (nSPS) is 21.6. The highest BCUT2D eigenvalue weighted by Gasteiger charge is 2.47. The lowest BCUT2D eigenvalue weighted by Gasteiger charge is -2.33. The Morgan fingerprint density at radius 3 is 2.76 bits per heavy atom. The molecule has 0 bridgehead atoms. The summed E-state index contributed by atoms with van der Waals surface area (Å²) in [6.45, 7) is 0.0663. The molecule has 7 nitrogen and oxygen atoms in total. The topological polar surface area (TPSA) is 85.6 Å². The number of alkyl halides is 3. The number of carboxylic acid groups (broad SMARTS) is 1. The number of anilines is 1. The van der Waals surface area contributed by atoms with Crippen molar-refractivity contribution in [1.29, 1.82) is 0 Å². The molecule has 0 unspecified atom stereocenters. The number of fused-ring (bicyclic) bond motifs is 2. The summed E-state index contributed by atoms with van der Waals surface area (Å²) in [5, 5.41) is 15.5. The van der Waals surface area contributed by atoms with Crippen molar-refractivity contribution in [3.05, 3.63) is 35.5 Å². The van der Waals surface area contributed by atoms with Crippen LogP contribution in [0.3, 0.4) is 0 Å². The third-order valence-corrected chi connectivity index (χ3v) is 4.21. The first-order valence-electron chi connectivity index (χ1n) is 7.38. The van der Waals surface area contributed by atoms with Crippen LogP contribution in [-0.4, -0.2) is 33.8 Å². The van der Waals surface area contributed by atoms with Crippen molar-refractivity contribution in [2.45, 2.75) is 24.7 Å². The van der Waals surface area contributed by atoms with Crippen LogP contribution in [-0.2, 0) is 0 Å². The van der Waals surface area contributed by atoms with Crippen LogP contribution in [0.5, 0.6) is 11.5 Å².